The van der Waals surface area contributed by atoms with Gasteiger partial charge in [0.15, 0.2) is 0 Å². The number of aliphatic hydroxyl groups excluding tert-OH is 1. The summed E-state index contributed by atoms with van der Waals surface area (Å²) in [6.07, 6.45) is 0.596. The third kappa shape index (κ3) is 7.81. The fourth-order valence-electron chi connectivity index (χ4n) is 4.20. The molecule has 1 aliphatic rings. The van der Waals surface area contributed by atoms with Gasteiger partial charge in [0.1, 0.15) is 11.6 Å². The Kier molecular flexibility index (Phi) is 9.77. The van der Waals surface area contributed by atoms with Gasteiger partial charge in [0.05, 0.1) is 12.1 Å². The van der Waals surface area contributed by atoms with E-state index >= 15 is 0 Å². The molecular weight excluding hydrogens is 472 g/mol. The van der Waals surface area contributed by atoms with Gasteiger partial charge in [-0.1, -0.05) is 32.0 Å². The lowest BCUT2D eigenvalue weighted by Gasteiger charge is -2.30. The average Bonchev–Trinajstić information content (AvgIpc) is 2.80. The summed E-state index contributed by atoms with van der Waals surface area (Å²) in [5.41, 5.74) is 3.60. The number of urea groups is 1. The zero-order valence-electron chi connectivity index (χ0n) is 20.4. The predicted octanol–water partition coefficient (Wildman–Crippen LogP) is 3.49. The third-order valence-corrected chi connectivity index (χ3v) is 7.72. The van der Waals surface area contributed by atoms with Crippen molar-refractivity contribution in [2.45, 2.75) is 70.0 Å². The molecular formula is C26H35F2N3O3S. The van der Waals surface area contributed by atoms with E-state index in [4.69, 9.17) is 0 Å². The lowest BCUT2D eigenvalue weighted by atomic mass is 9.97. The molecule has 0 saturated heterocycles. The van der Waals surface area contributed by atoms with Gasteiger partial charge in [-0.25, -0.2) is 13.6 Å². The van der Waals surface area contributed by atoms with E-state index in [9.17, 15) is 22.9 Å². The van der Waals surface area contributed by atoms with E-state index < -0.39 is 40.6 Å². The van der Waals surface area contributed by atoms with Gasteiger partial charge in [-0.3, -0.25) is 4.21 Å². The summed E-state index contributed by atoms with van der Waals surface area (Å²) in [7, 11) is -1.03. The Balaban J connectivity index is 1.75. The van der Waals surface area contributed by atoms with Crippen LogP contribution in [-0.2, 0) is 29.4 Å². The number of rotatable bonds is 10. The van der Waals surface area contributed by atoms with E-state index in [-0.39, 0.29) is 25.0 Å². The summed E-state index contributed by atoms with van der Waals surface area (Å²) < 4.78 is 39.9. The van der Waals surface area contributed by atoms with Crippen molar-refractivity contribution in [1.29, 1.82) is 0 Å². The molecule has 0 saturated carbocycles. The van der Waals surface area contributed by atoms with E-state index in [2.05, 4.69) is 28.9 Å². The Morgan fingerprint density at radius 2 is 1.83 bits per heavy atom. The second kappa shape index (κ2) is 12.6. The lowest BCUT2D eigenvalue weighted by molar-refractivity contribution is 0.123. The molecule has 0 aliphatic carbocycles. The van der Waals surface area contributed by atoms with Gasteiger partial charge in [0.2, 0.25) is 0 Å². The largest absolute Gasteiger partial charge is 0.390 e. The van der Waals surface area contributed by atoms with Crippen LogP contribution in [0.2, 0.25) is 0 Å². The molecule has 0 fully saturated rings. The number of carbonyl (C=O) groups is 1. The first kappa shape index (κ1) is 27.2. The zero-order valence-corrected chi connectivity index (χ0v) is 21.3. The summed E-state index contributed by atoms with van der Waals surface area (Å²) in [5, 5.41) is 19.9. The summed E-state index contributed by atoms with van der Waals surface area (Å²) >= 11 is 0. The third-order valence-electron chi connectivity index (χ3n) is 6.39. The first-order valence-corrected chi connectivity index (χ1v) is 13.6. The number of benzene rings is 2. The van der Waals surface area contributed by atoms with Crippen molar-refractivity contribution in [3.8, 4) is 0 Å². The molecule has 1 heterocycles. The highest BCUT2D eigenvalue weighted by Gasteiger charge is 2.28. The molecule has 0 spiro atoms. The Bertz CT molecular complexity index is 1030. The van der Waals surface area contributed by atoms with E-state index in [1.165, 1.54) is 17.7 Å². The highest BCUT2D eigenvalue weighted by atomic mass is 32.2. The quantitative estimate of drug-likeness (QED) is 0.396. The molecule has 2 amide bonds. The molecule has 3 rings (SSSR count). The van der Waals surface area contributed by atoms with E-state index in [1.54, 1.807) is 0 Å². The van der Waals surface area contributed by atoms with Crippen LogP contribution < -0.4 is 16.0 Å². The van der Waals surface area contributed by atoms with E-state index in [0.717, 1.165) is 30.0 Å². The van der Waals surface area contributed by atoms with Crippen molar-refractivity contribution in [3.05, 3.63) is 70.3 Å². The Morgan fingerprint density at radius 3 is 2.49 bits per heavy atom. The minimum Gasteiger partial charge on any atom is -0.390 e. The number of fused-ring (bicyclic) bond motifs is 1. The van der Waals surface area contributed by atoms with Crippen molar-refractivity contribution in [2.75, 3.05) is 12.3 Å². The molecule has 35 heavy (non-hydrogen) atoms. The maximum atomic E-state index is 13.7. The van der Waals surface area contributed by atoms with Crippen LogP contribution >= 0.6 is 0 Å². The number of carbonyl (C=O) groups excluding carboxylic acids is 1. The summed E-state index contributed by atoms with van der Waals surface area (Å²) in [6.45, 7) is 5.97. The number of halogens is 2. The van der Waals surface area contributed by atoms with Gasteiger partial charge in [-0.05, 0) is 60.6 Å². The van der Waals surface area contributed by atoms with Crippen molar-refractivity contribution in [3.63, 3.8) is 0 Å². The standard InChI is InChI=1S/C26H35F2N3O3S/c1-4-16(3)30-26(33)31-23(11-18-8-20(27)12-21(28)9-18)25(32)13-29-24-15-35(34)14-19-7-6-17(5-2)10-22(19)24/h6-10,12,16,23-25,29,32H,4-5,11,13-15H2,1-3H3,(H2,30,31,33)/t16?,23-,24-,25+,35?/m0/s1. The van der Waals surface area contributed by atoms with Crippen LogP contribution in [0.25, 0.3) is 0 Å². The van der Waals surface area contributed by atoms with Gasteiger partial charge in [-0.15, -0.1) is 0 Å². The van der Waals surface area contributed by atoms with Crippen LogP contribution in [0.3, 0.4) is 0 Å². The molecule has 4 N–H and O–H groups in total. The highest BCUT2D eigenvalue weighted by Crippen LogP contribution is 2.28. The van der Waals surface area contributed by atoms with Crippen LogP contribution in [0.1, 0.15) is 55.5 Å². The summed E-state index contributed by atoms with van der Waals surface area (Å²) in [4.78, 5) is 12.5. The van der Waals surface area contributed by atoms with Gasteiger partial charge >= 0.3 is 6.03 Å². The average molecular weight is 508 g/mol. The monoisotopic (exact) mass is 507 g/mol. The molecule has 192 valence electrons. The number of amides is 2. The fraction of sp³-hybridized carbons (Fsp3) is 0.500. The molecule has 2 unspecified atom stereocenters. The van der Waals surface area contributed by atoms with Gasteiger partial charge in [-0.2, -0.15) is 0 Å². The summed E-state index contributed by atoms with van der Waals surface area (Å²) in [5.74, 6) is -0.508. The van der Waals surface area contributed by atoms with E-state index in [1.807, 2.05) is 26.0 Å². The number of nitrogens with one attached hydrogen (secondary N) is 3. The molecule has 0 aromatic heterocycles. The predicted molar refractivity (Wildman–Crippen MR) is 135 cm³/mol. The Labute approximate surface area is 208 Å². The molecule has 6 nitrogen and oxygen atoms in total. The van der Waals surface area contributed by atoms with Crippen molar-refractivity contribution >= 4 is 16.8 Å². The van der Waals surface area contributed by atoms with Crippen LogP contribution in [0, 0.1) is 11.6 Å². The molecule has 0 bridgehead atoms. The first-order valence-electron chi connectivity index (χ1n) is 12.1. The second-order valence-electron chi connectivity index (χ2n) is 9.18. The fourth-order valence-corrected chi connectivity index (χ4v) is 5.60. The van der Waals surface area contributed by atoms with Gasteiger partial charge < -0.3 is 21.1 Å². The van der Waals surface area contributed by atoms with Gasteiger partial charge in [0.25, 0.3) is 0 Å². The van der Waals surface area contributed by atoms with Crippen LogP contribution in [-0.4, -0.2) is 45.8 Å². The Hall–Kier alpha value is -2.36. The lowest BCUT2D eigenvalue weighted by Crippen LogP contribution is -2.53. The first-order chi connectivity index (χ1) is 16.7. The number of aliphatic hydroxyl groups is 1. The normalized spacial score (nSPS) is 19.9. The smallest absolute Gasteiger partial charge is 0.315 e. The second-order valence-corrected chi connectivity index (χ2v) is 10.7. The van der Waals surface area contributed by atoms with Crippen molar-refractivity contribution < 1.29 is 22.9 Å². The molecule has 0 radical (unpaired) electrons. The molecule has 1 aliphatic heterocycles. The zero-order chi connectivity index (χ0) is 25.5. The van der Waals surface area contributed by atoms with E-state index in [0.29, 0.717) is 17.1 Å². The Morgan fingerprint density at radius 1 is 1.11 bits per heavy atom. The molecule has 5 atom stereocenters. The molecule has 2 aromatic rings. The molecule has 2 aromatic carbocycles. The van der Waals surface area contributed by atoms with Crippen LogP contribution in [0.15, 0.2) is 36.4 Å². The molecule has 9 heteroatoms. The number of aryl methyl sites for hydroxylation is 1. The minimum atomic E-state index is -1.06. The maximum Gasteiger partial charge on any atom is 0.315 e. The summed E-state index contributed by atoms with van der Waals surface area (Å²) in [6, 6.07) is 7.79. The van der Waals surface area contributed by atoms with Gasteiger partial charge in [0, 0.05) is 47.0 Å². The highest BCUT2D eigenvalue weighted by molar-refractivity contribution is 7.84. The number of hydrogen-bond donors (Lipinski definition) is 4. The van der Waals surface area contributed by atoms with Crippen LogP contribution in [0.4, 0.5) is 13.6 Å². The SMILES string of the molecule is CCc1ccc2c(c1)[C@@H](NC[C@@H](O)[C@H](Cc1cc(F)cc(F)c1)NC(=O)NC(C)CC)CS(=O)C2. The number of hydrogen-bond acceptors (Lipinski definition) is 4. The maximum absolute atomic E-state index is 13.7. The van der Waals surface area contributed by atoms with Crippen molar-refractivity contribution in [1.82, 2.24) is 16.0 Å². The van der Waals surface area contributed by atoms with Crippen LogP contribution in [0.5, 0.6) is 0 Å². The van der Waals surface area contributed by atoms with Crippen molar-refractivity contribution in [2.24, 2.45) is 0 Å². The topological polar surface area (TPSA) is 90.5 Å². The minimum absolute atomic E-state index is 0.0403.